The highest BCUT2D eigenvalue weighted by atomic mass is 79.9. The Bertz CT molecular complexity index is 1290. The zero-order valence-electron chi connectivity index (χ0n) is 15.0. The van der Waals surface area contributed by atoms with E-state index in [1.165, 1.54) is 0 Å². The molecule has 0 aliphatic rings. The van der Waals surface area contributed by atoms with Crippen molar-refractivity contribution >= 4 is 32.6 Å². The first-order valence-electron chi connectivity index (χ1n) is 8.69. The monoisotopic (exact) mass is 434 g/mol. The molecule has 8 heteroatoms. The molecule has 0 saturated carbocycles. The van der Waals surface area contributed by atoms with E-state index in [0.29, 0.717) is 12.4 Å². The van der Waals surface area contributed by atoms with Crippen molar-refractivity contribution in [2.24, 2.45) is 7.05 Å². The van der Waals surface area contributed by atoms with E-state index in [4.69, 9.17) is 4.74 Å². The van der Waals surface area contributed by atoms with Crippen molar-refractivity contribution in [2.45, 2.75) is 6.61 Å². The number of hydrogen-bond donors (Lipinski definition) is 0. The van der Waals surface area contributed by atoms with Crippen LogP contribution in [0.25, 0.3) is 28.1 Å². The highest BCUT2D eigenvalue weighted by Crippen LogP contribution is 2.25. The minimum atomic E-state index is 0.488. The summed E-state index contributed by atoms with van der Waals surface area (Å²) in [6.07, 6.45) is 3.42. The molecule has 5 rings (SSSR count). The number of hydrogen-bond acceptors (Lipinski definition) is 5. The molecule has 0 radical (unpaired) electrons. The molecule has 0 atom stereocenters. The Hall–Kier alpha value is -3.26. The predicted molar refractivity (Wildman–Crippen MR) is 109 cm³/mol. The van der Waals surface area contributed by atoms with Crippen LogP contribution < -0.4 is 4.74 Å². The van der Waals surface area contributed by atoms with Crippen molar-refractivity contribution < 1.29 is 4.74 Å². The number of rotatable bonds is 4. The molecular formula is C20H15BrN6O. The fourth-order valence-electron chi connectivity index (χ4n) is 3.03. The lowest BCUT2D eigenvalue weighted by Crippen LogP contribution is -1.96. The van der Waals surface area contributed by atoms with Crippen LogP contribution in [0.15, 0.2) is 65.5 Å². The molecule has 0 bridgehead atoms. The zero-order valence-corrected chi connectivity index (χ0v) is 16.5. The summed E-state index contributed by atoms with van der Waals surface area (Å²) in [4.78, 5) is 9.07. The highest BCUT2D eigenvalue weighted by molar-refractivity contribution is 9.10. The van der Waals surface area contributed by atoms with Crippen LogP contribution in [0.1, 0.15) is 5.56 Å². The largest absolute Gasteiger partial charge is 0.488 e. The second-order valence-corrected chi connectivity index (χ2v) is 7.22. The van der Waals surface area contributed by atoms with Crippen LogP contribution in [0.2, 0.25) is 0 Å². The van der Waals surface area contributed by atoms with E-state index in [1.54, 1.807) is 21.7 Å². The molecule has 28 heavy (non-hydrogen) atoms. The molecule has 0 aliphatic carbocycles. The lowest BCUT2D eigenvalue weighted by atomic mass is 10.1. The van der Waals surface area contributed by atoms with Crippen LogP contribution in [-0.2, 0) is 13.7 Å². The summed E-state index contributed by atoms with van der Waals surface area (Å²) in [7, 11) is 1.86. The summed E-state index contributed by atoms with van der Waals surface area (Å²) in [6.45, 7) is 0.488. The Morgan fingerprint density at radius 3 is 2.68 bits per heavy atom. The molecule has 0 N–H and O–H groups in total. The number of para-hydroxylation sites is 1. The zero-order chi connectivity index (χ0) is 19.1. The SMILES string of the molecule is Cn1ncc2c1ncn1nc(-c3ccc(COc4ccccc4Br)cc3)nc21. The molecule has 0 unspecified atom stereocenters. The van der Waals surface area contributed by atoms with Crippen LogP contribution >= 0.6 is 15.9 Å². The van der Waals surface area contributed by atoms with E-state index in [9.17, 15) is 0 Å². The summed E-state index contributed by atoms with van der Waals surface area (Å²) in [5, 5.41) is 9.67. The van der Waals surface area contributed by atoms with Gasteiger partial charge in [0.05, 0.1) is 16.1 Å². The maximum Gasteiger partial charge on any atom is 0.182 e. The third kappa shape index (κ3) is 2.91. The minimum Gasteiger partial charge on any atom is -0.488 e. The van der Waals surface area contributed by atoms with Gasteiger partial charge >= 0.3 is 0 Å². The van der Waals surface area contributed by atoms with E-state index in [0.717, 1.165) is 38.0 Å². The van der Waals surface area contributed by atoms with Crippen molar-refractivity contribution in [2.75, 3.05) is 0 Å². The average molecular weight is 435 g/mol. The topological polar surface area (TPSA) is 70.1 Å². The maximum absolute atomic E-state index is 5.87. The Labute approximate surface area is 168 Å². The molecule has 2 aromatic carbocycles. The van der Waals surface area contributed by atoms with E-state index in [1.807, 2.05) is 55.6 Å². The maximum atomic E-state index is 5.87. The van der Waals surface area contributed by atoms with Gasteiger partial charge in [0.2, 0.25) is 0 Å². The second-order valence-electron chi connectivity index (χ2n) is 6.37. The van der Waals surface area contributed by atoms with Crippen molar-refractivity contribution in [1.82, 2.24) is 29.4 Å². The van der Waals surface area contributed by atoms with Crippen LogP contribution in [0, 0.1) is 0 Å². The van der Waals surface area contributed by atoms with Gasteiger partial charge in [0.25, 0.3) is 0 Å². The lowest BCUT2D eigenvalue weighted by molar-refractivity contribution is 0.304. The number of aryl methyl sites for hydroxylation is 1. The third-order valence-electron chi connectivity index (χ3n) is 4.51. The number of fused-ring (bicyclic) bond motifs is 3. The molecule has 0 fully saturated rings. The van der Waals surface area contributed by atoms with Crippen molar-refractivity contribution in [3.63, 3.8) is 0 Å². The van der Waals surface area contributed by atoms with Crippen LogP contribution in [0.4, 0.5) is 0 Å². The lowest BCUT2D eigenvalue weighted by Gasteiger charge is -2.08. The second kappa shape index (κ2) is 6.72. The van der Waals surface area contributed by atoms with Gasteiger partial charge in [-0.2, -0.15) is 5.10 Å². The molecule has 3 heterocycles. The Morgan fingerprint density at radius 1 is 1.04 bits per heavy atom. The molecule has 0 spiro atoms. The Balaban J connectivity index is 1.41. The van der Waals surface area contributed by atoms with Gasteiger partial charge in [0.15, 0.2) is 17.1 Å². The average Bonchev–Trinajstić information content (AvgIpc) is 3.31. The Morgan fingerprint density at radius 2 is 1.86 bits per heavy atom. The molecule has 0 amide bonds. The number of nitrogens with zero attached hydrogens (tertiary/aromatic N) is 6. The van der Waals surface area contributed by atoms with Gasteiger partial charge < -0.3 is 4.74 Å². The van der Waals surface area contributed by atoms with Gasteiger partial charge in [-0.15, -0.1) is 5.10 Å². The van der Waals surface area contributed by atoms with Crippen LogP contribution in [-0.4, -0.2) is 29.4 Å². The number of ether oxygens (including phenoxy) is 1. The quantitative estimate of drug-likeness (QED) is 0.427. The molecule has 138 valence electrons. The van der Waals surface area contributed by atoms with Gasteiger partial charge in [0, 0.05) is 12.6 Å². The smallest absolute Gasteiger partial charge is 0.182 e. The van der Waals surface area contributed by atoms with E-state index in [-0.39, 0.29) is 0 Å². The van der Waals surface area contributed by atoms with Gasteiger partial charge in [-0.25, -0.2) is 14.5 Å². The number of benzene rings is 2. The van der Waals surface area contributed by atoms with E-state index in [2.05, 4.69) is 36.1 Å². The molecule has 0 aliphatic heterocycles. The van der Waals surface area contributed by atoms with Gasteiger partial charge in [-0.1, -0.05) is 36.4 Å². The molecular weight excluding hydrogens is 420 g/mol. The molecule has 3 aromatic heterocycles. The minimum absolute atomic E-state index is 0.488. The normalized spacial score (nSPS) is 11.4. The molecule has 0 saturated heterocycles. The molecule has 5 aromatic rings. The number of halogens is 1. The van der Waals surface area contributed by atoms with Crippen LogP contribution in [0.5, 0.6) is 5.75 Å². The third-order valence-corrected chi connectivity index (χ3v) is 5.17. The summed E-state index contributed by atoms with van der Waals surface area (Å²) in [6, 6.07) is 15.9. The highest BCUT2D eigenvalue weighted by Gasteiger charge is 2.12. The fourth-order valence-corrected chi connectivity index (χ4v) is 3.43. The first kappa shape index (κ1) is 16.9. The summed E-state index contributed by atoms with van der Waals surface area (Å²) < 4.78 is 10.2. The van der Waals surface area contributed by atoms with Gasteiger partial charge in [0.1, 0.15) is 18.7 Å². The Kier molecular flexibility index (Phi) is 4.05. The predicted octanol–water partition coefficient (Wildman–Crippen LogP) is 4.02. The van der Waals surface area contributed by atoms with E-state index < -0.39 is 0 Å². The first-order valence-corrected chi connectivity index (χ1v) is 9.48. The van der Waals surface area contributed by atoms with Crippen molar-refractivity contribution in [3.8, 4) is 17.1 Å². The first-order chi connectivity index (χ1) is 13.7. The standard InChI is InChI=1S/C20H15BrN6O/c1-26-19-15(10-23-26)20-24-18(25-27(20)12-22-19)14-8-6-13(7-9-14)11-28-17-5-3-2-4-16(17)21/h2-10,12H,11H2,1H3. The van der Waals surface area contributed by atoms with E-state index >= 15 is 0 Å². The van der Waals surface area contributed by atoms with Crippen LogP contribution in [0.3, 0.4) is 0 Å². The number of aromatic nitrogens is 6. The summed E-state index contributed by atoms with van der Waals surface area (Å²) in [5.41, 5.74) is 3.53. The fraction of sp³-hybridized carbons (Fsp3) is 0.100. The summed E-state index contributed by atoms with van der Waals surface area (Å²) >= 11 is 3.49. The molecule has 7 nitrogen and oxygen atoms in total. The van der Waals surface area contributed by atoms with Gasteiger partial charge in [-0.3, -0.25) is 4.68 Å². The van der Waals surface area contributed by atoms with Crippen molar-refractivity contribution in [3.05, 3.63) is 71.1 Å². The summed E-state index contributed by atoms with van der Waals surface area (Å²) in [5.74, 6) is 1.47. The van der Waals surface area contributed by atoms with Gasteiger partial charge in [-0.05, 0) is 33.6 Å². The van der Waals surface area contributed by atoms with Crippen molar-refractivity contribution in [1.29, 1.82) is 0 Å².